The molecule has 0 amide bonds. The van der Waals surface area contributed by atoms with Gasteiger partial charge in [0.2, 0.25) is 5.82 Å². The van der Waals surface area contributed by atoms with Gasteiger partial charge in [-0.05, 0) is 31.5 Å². The van der Waals surface area contributed by atoms with Crippen molar-refractivity contribution in [2.45, 2.75) is 13.8 Å². The Morgan fingerprint density at radius 2 is 1.47 bits per heavy atom. The molecule has 0 fully saturated rings. The van der Waals surface area contributed by atoms with Crippen molar-refractivity contribution in [1.82, 2.24) is 0 Å². The van der Waals surface area contributed by atoms with Crippen molar-refractivity contribution in [3.05, 3.63) is 87.7 Å². The van der Waals surface area contributed by atoms with Gasteiger partial charge in [-0.1, -0.05) is 24.3 Å². The molecule has 0 aliphatic carbocycles. The third-order valence-electron chi connectivity index (χ3n) is 4.42. The first-order valence-corrected chi connectivity index (χ1v) is 8.87. The van der Waals surface area contributed by atoms with Gasteiger partial charge < -0.3 is 4.90 Å². The van der Waals surface area contributed by atoms with E-state index in [1.54, 1.807) is 24.3 Å². The van der Waals surface area contributed by atoms with Crippen molar-refractivity contribution >= 4 is 17.3 Å². The van der Waals surface area contributed by atoms with Crippen LogP contribution in [0.3, 0.4) is 0 Å². The molecule has 3 nitrogen and oxygen atoms in total. The van der Waals surface area contributed by atoms with Crippen LogP contribution >= 0.6 is 0 Å². The highest BCUT2D eigenvalue weighted by Gasteiger charge is 2.28. The molecule has 2 aromatic rings. The zero-order valence-corrected chi connectivity index (χ0v) is 16.1. The number of nitrogens with zero attached hydrogens (tertiary/aromatic N) is 3. The van der Waals surface area contributed by atoms with Crippen molar-refractivity contribution in [3.8, 4) is 6.07 Å². The van der Waals surface area contributed by atoms with Crippen LogP contribution in [-0.4, -0.2) is 13.1 Å². The summed E-state index contributed by atoms with van der Waals surface area (Å²) in [5, 5.41) is 9.11. The van der Waals surface area contributed by atoms with E-state index in [2.05, 4.69) is 9.74 Å². The van der Waals surface area contributed by atoms with Gasteiger partial charge in [0, 0.05) is 29.9 Å². The molecule has 0 aromatic heterocycles. The van der Waals surface area contributed by atoms with Crippen molar-refractivity contribution < 1.29 is 22.0 Å². The number of allylic oxidation sites excluding steroid dienone is 3. The second-order valence-corrected chi connectivity index (χ2v) is 6.03. The van der Waals surface area contributed by atoms with E-state index in [9.17, 15) is 22.0 Å². The average Bonchev–Trinajstić information content (AvgIpc) is 2.76. The Labute approximate surface area is 170 Å². The average molecular weight is 417 g/mol. The summed E-state index contributed by atoms with van der Waals surface area (Å²) in [6, 6.07) is 8.40. The van der Waals surface area contributed by atoms with Crippen molar-refractivity contribution in [2.24, 2.45) is 0 Å². The summed E-state index contributed by atoms with van der Waals surface area (Å²) >= 11 is 0. The van der Waals surface area contributed by atoms with Crippen LogP contribution in [0.5, 0.6) is 0 Å². The zero-order chi connectivity index (χ0) is 22.4. The van der Waals surface area contributed by atoms with Crippen LogP contribution in [0.2, 0.25) is 0 Å². The van der Waals surface area contributed by atoms with Crippen LogP contribution in [0.4, 0.5) is 27.6 Å². The number of hydrogen-bond acceptors (Lipinski definition) is 2. The van der Waals surface area contributed by atoms with Crippen molar-refractivity contribution in [2.75, 3.05) is 18.0 Å². The first-order valence-electron chi connectivity index (χ1n) is 8.87. The third-order valence-corrected chi connectivity index (χ3v) is 4.42. The summed E-state index contributed by atoms with van der Waals surface area (Å²) in [5.74, 6) is -10.8. The van der Waals surface area contributed by atoms with Gasteiger partial charge in [0.1, 0.15) is 0 Å². The number of rotatable bonds is 6. The molecule has 0 saturated heterocycles. The molecule has 0 aliphatic rings. The topological polar surface area (TPSA) is 31.4 Å². The fourth-order valence-electron chi connectivity index (χ4n) is 2.83. The standard InChI is InChI=1S/C22H16F5N3/c1-4-30(5-2)14-9-6-13(7-10-14)8-11-15(16(12-28)29-3)17-18(23)20(25)22(27)21(26)19(17)24/h6-11H,4-5H2,1-2H3. The molecule has 2 rings (SSSR count). The molecule has 0 spiro atoms. The molecule has 0 N–H and O–H groups in total. The van der Waals surface area contributed by atoms with E-state index in [0.29, 0.717) is 5.56 Å². The third kappa shape index (κ3) is 4.33. The van der Waals surface area contributed by atoms with Gasteiger partial charge in [-0.25, -0.2) is 32.1 Å². The summed E-state index contributed by atoms with van der Waals surface area (Å²) in [7, 11) is 0. The zero-order valence-electron chi connectivity index (χ0n) is 16.1. The van der Waals surface area contributed by atoms with Gasteiger partial charge in [0.25, 0.3) is 5.70 Å². The van der Waals surface area contributed by atoms with E-state index >= 15 is 0 Å². The lowest BCUT2D eigenvalue weighted by Gasteiger charge is -2.20. The van der Waals surface area contributed by atoms with E-state index in [4.69, 9.17) is 11.8 Å². The Balaban J connectivity index is 2.59. The summed E-state index contributed by atoms with van der Waals surface area (Å²) in [5.41, 5.74) is -1.36. The van der Waals surface area contributed by atoms with Crippen LogP contribution in [0, 0.1) is 47.0 Å². The van der Waals surface area contributed by atoms with Crippen molar-refractivity contribution in [1.29, 1.82) is 5.26 Å². The largest absolute Gasteiger partial charge is 0.372 e. The smallest absolute Gasteiger partial charge is 0.269 e. The van der Waals surface area contributed by atoms with Crippen LogP contribution < -0.4 is 4.90 Å². The van der Waals surface area contributed by atoms with E-state index in [1.807, 2.05) is 13.8 Å². The molecule has 0 saturated carbocycles. The highest BCUT2D eigenvalue weighted by molar-refractivity contribution is 5.84. The molecule has 2 aromatic carbocycles. The number of nitriles is 1. The van der Waals surface area contributed by atoms with Gasteiger partial charge in [-0.15, -0.1) is 0 Å². The first kappa shape index (κ1) is 22.6. The fourth-order valence-corrected chi connectivity index (χ4v) is 2.83. The first-order chi connectivity index (χ1) is 14.3. The van der Waals surface area contributed by atoms with Gasteiger partial charge in [0.15, 0.2) is 23.3 Å². The van der Waals surface area contributed by atoms with E-state index < -0.39 is 45.9 Å². The second kappa shape index (κ2) is 9.71. The summed E-state index contributed by atoms with van der Waals surface area (Å²) < 4.78 is 69.0. The maximum atomic E-state index is 14.2. The maximum absolute atomic E-state index is 14.2. The lowest BCUT2D eigenvalue weighted by Crippen LogP contribution is -2.21. The predicted octanol–water partition coefficient (Wildman–Crippen LogP) is 6.10. The van der Waals surface area contributed by atoms with Gasteiger partial charge >= 0.3 is 0 Å². The van der Waals surface area contributed by atoms with Gasteiger partial charge in [0.05, 0.1) is 12.6 Å². The fraction of sp³-hybridized carbons (Fsp3) is 0.182. The second-order valence-electron chi connectivity index (χ2n) is 6.03. The van der Waals surface area contributed by atoms with Crippen LogP contribution in [0.25, 0.3) is 16.5 Å². The van der Waals surface area contributed by atoms with E-state index in [0.717, 1.165) is 24.9 Å². The Kier molecular flexibility index (Phi) is 7.32. The summed E-state index contributed by atoms with van der Waals surface area (Å²) in [6.07, 6.45) is 2.31. The van der Waals surface area contributed by atoms with Gasteiger partial charge in [-0.2, -0.15) is 0 Å². The summed E-state index contributed by atoms with van der Waals surface area (Å²) in [4.78, 5) is 4.94. The molecule has 8 heteroatoms. The number of anilines is 1. The van der Waals surface area contributed by atoms with Crippen LogP contribution in [-0.2, 0) is 0 Å². The van der Waals surface area contributed by atoms with Crippen LogP contribution in [0.15, 0.2) is 36.0 Å². The lowest BCUT2D eigenvalue weighted by molar-refractivity contribution is 0.376. The number of benzene rings is 2. The molecule has 0 bridgehead atoms. The summed E-state index contributed by atoms with van der Waals surface area (Å²) in [6.45, 7) is 12.6. The molecule has 0 aliphatic heterocycles. The highest BCUT2D eigenvalue weighted by Crippen LogP contribution is 2.32. The minimum atomic E-state index is -2.31. The predicted molar refractivity (Wildman–Crippen MR) is 104 cm³/mol. The lowest BCUT2D eigenvalue weighted by atomic mass is 10.00. The van der Waals surface area contributed by atoms with Crippen LogP contribution in [0.1, 0.15) is 25.0 Å². The monoisotopic (exact) mass is 417 g/mol. The molecule has 30 heavy (non-hydrogen) atoms. The SMILES string of the molecule is [C-]#[N+]C(C#N)=C(C=Cc1ccc(N(CC)CC)cc1)c1c(F)c(F)c(F)c(F)c1F. The Morgan fingerprint density at radius 1 is 0.967 bits per heavy atom. The highest BCUT2D eigenvalue weighted by atomic mass is 19.2. The maximum Gasteiger partial charge on any atom is 0.269 e. The quantitative estimate of drug-likeness (QED) is 0.142. The molecular weight excluding hydrogens is 401 g/mol. The Bertz CT molecular complexity index is 1040. The molecule has 0 radical (unpaired) electrons. The molecular formula is C22H16F5N3. The van der Waals surface area contributed by atoms with E-state index in [1.165, 1.54) is 12.1 Å². The van der Waals surface area contributed by atoms with Gasteiger partial charge in [-0.3, -0.25) is 0 Å². The normalized spacial score (nSPS) is 11.8. The Hall–Kier alpha value is -3.65. The molecule has 154 valence electrons. The molecule has 0 atom stereocenters. The number of hydrogen-bond donors (Lipinski definition) is 0. The molecule has 0 heterocycles. The minimum absolute atomic E-state index is 0.537. The Morgan fingerprint density at radius 3 is 1.90 bits per heavy atom. The number of halogens is 5. The van der Waals surface area contributed by atoms with Crippen molar-refractivity contribution in [3.63, 3.8) is 0 Å². The van der Waals surface area contributed by atoms with E-state index in [-0.39, 0.29) is 0 Å². The minimum Gasteiger partial charge on any atom is -0.372 e. The molecule has 0 unspecified atom stereocenters.